The van der Waals surface area contributed by atoms with Gasteiger partial charge in [-0.15, -0.1) is 11.8 Å². The number of amides is 1. The fourth-order valence-corrected chi connectivity index (χ4v) is 4.32. The number of rotatable bonds is 6. The van der Waals surface area contributed by atoms with Crippen molar-refractivity contribution in [2.24, 2.45) is 0 Å². The maximum atomic E-state index is 12.6. The van der Waals surface area contributed by atoms with Crippen LogP contribution in [-0.4, -0.2) is 49.0 Å². The Labute approximate surface area is 192 Å². The van der Waals surface area contributed by atoms with E-state index >= 15 is 0 Å². The van der Waals surface area contributed by atoms with Gasteiger partial charge in [0.15, 0.2) is 0 Å². The first kappa shape index (κ1) is 21.7. The SMILES string of the molecule is CN1CCN(c2ccc(NC(=O)c3ccc(CSc4ccc(Cl)cc4)cc3)cn2)CC1. The van der Waals surface area contributed by atoms with Gasteiger partial charge >= 0.3 is 0 Å². The molecule has 2 aromatic carbocycles. The zero-order valence-electron chi connectivity index (χ0n) is 17.4. The quantitative estimate of drug-likeness (QED) is 0.531. The van der Waals surface area contributed by atoms with Crippen molar-refractivity contribution < 1.29 is 4.79 Å². The van der Waals surface area contributed by atoms with Crippen LogP contribution in [0.5, 0.6) is 0 Å². The second-order valence-electron chi connectivity index (χ2n) is 7.59. The van der Waals surface area contributed by atoms with E-state index in [1.807, 2.05) is 60.7 Å². The summed E-state index contributed by atoms with van der Waals surface area (Å²) in [7, 11) is 2.13. The highest BCUT2D eigenvalue weighted by Gasteiger charge is 2.15. The summed E-state index contributed by atoms with van der Waals surface area (Å²) in [6.45, 7) is 4.01. The van der Waals surface area contributed by atoms with Crippen molar-refractivity contribution in [1.82, 2.24) is 9.88 Å². The third-order valence-electron chi connectivity index (χ3n) is 5.27. The van der Waals surface area contributed by atoms with E-state index in [9.17, 15) is 4.79 Å². The summed E-state index contributed by atoms with van der Waals surface area (Å²) in [4.78, 5) is 22.9. The van der Waals surface area contributed by atoms with Crippen LogP contribution in [-0.2, 0) is 5.75 Å². The predicted octanol–water partition coefficient (Wildman–Crippen LogP) is 5.03. The Morgan fingerprint density at radius 3 is 2.35 bits per heavy atom. The van der Waals surface area contributed by atoms with Crippen molar-refractivity contribution in [1.29, 1.82) is 0 Å². The number of piperazine rings is 1. The summed E-state index contributed by atoms with van der Waals surface area (Å²) in [6.07, 6.45) is 1.72. The van der Waals surface area contributed by atoms with Gasteiger partial charge < -0.3 is 15.1 Å². The second kappa shape index (κ2) is 10.2. The minimum Gasteiger partial charge on any atom is -0.354 e. The molecule has 2 heterocycles. The second-order valence-corrected chi connectivity index (χ2v) is 9.07. The van der Waals surface area contributed by atoms with Crippen LogP contribution in [0.4, 0.5) is 11.5 Å². The normalized spacial score (nSPS) is 14.5. The Bertz CT molecular complexity index is 1000. The number of nitrogens with zero attached hydrogens (tertiary/aromatic N) is 3. The predicted molar refractivity (Wildman–Crippen MR) is 129 cm³/mol. The summed E-state index contributed by atoms with van der Waals surface area (Å²) in [5.41, 5.74) is 2.49. The highest BCUT2D eigenvalue weighted by molar-refractivity contribution is 7.98. The summed E-state index contributed by atoms with van der Waals surface area (Å²) < 4.78 is 0. The zero-order valence-corrected chi connectivity index (χ0v) is 19.0. The van der Waals surface area contributed by atoms with E-state index in [1.165, 1.54) is 4.90 Å². The first-order valence-corrected chi connectivity index (χ1v) is 11.6. The average Bonchev–Trinajstić information content (AvgIpc) is 2.80. The standard InChI is InChI=1S/C24H25ClN4OS/c1-28-12-14-29(15-13-28)23-11-8-21(16-26-23)27-24(30)19-4-2-18(3-5-19)17-31-22-9-6-20(25)7-10-22/h2-11,16H,12-15,17H2,1H3,(H,27,30). The molecule has 0 unspecified atom stereocenters. The van der Waals surface area contributed by atoms with Gasteiger partial charge in [0, 0.05) is 47.4 Å². The van der Waals surface area contributed by atoms with Crippen LogP contribution in [0.15, 0.2) is 71.8 Å². The molecule has 0 aliphatic carbocycles. The lowest BCUT2D eigenvalue weighted by molar-refractivity contribution is 0.102. The van der Waals surface area contributed by atoms with Gasteiger partial charge in [-0.25, -0.2) is 4.98 Å². The minimum atomic E-state index is -0.133. The summed E-state index contributed by atoms with van der Waals surface area (Å²) >= 11 is 7.67. The van der Waals surface area contributed by atoms with Crippen LogP contribution >= 0.6 is 23.4 Å². The van der Waals surface area contributed by atoms with E-state index in [0.29, 0.717) is 11.3 Å². The fourth-order valence-electron chi connectivity index (χ4n) is 3.34. The highest BCUT2D eigenvalue weighted by Crippen LogP contribution is 2.24. The largest absolute Gasteiger partial charge is 0.354 e. The van der Waals surface area contributed by atoms with Crippen LogP contribution in [0.2, 0.25) is 5.02 Å². The number of benzene rings is 2. The van der Waals surface area contributed by atoms with Gasteiger partial charge in [-0.1, -0.05) is 23.7 Å². The first-order valence-electron chi connectivity index (χ1n) is 10.2. The molecule has 1 fully saturated rings. The first-order chi connectivity index (χ1) is 15.1. The van der Waals surface area contributed by atoms with Crippen LogP contribution in [0.1, 0.15) is 15.9 Å². The van der Waals surface area contributed by atoms with E-state index in [4.69, 9.17) is 11.6 Å². The van der Waals surface area contributed by atoms with Crippen LogP contribution in [0.3, 0.4) is 0 Å². The lowest BCUT2D eigenvalue weighted by Crippen LogP contribution is -2.44. The zero-order chi connectivity index (χ0) is 21.6. The van der Waals surface area contributed by atoms with Crippen molar-refractivity contribution in [2.45, 2.75) is 10.6 Å². The summed E-state index contributed by atoms with van der Waals surface area (Å²) in [5.74, 6) is 1.65. The Hall–Kier alpha value is -2.54. The number of carbonyl (C=O) groups excluding carboxylic acids is 1. The molecule has 7 heteroatoms. The molecule has 0 atom stereocenters. The molecule has 1 saturated heterocycles. The summed E-state index contributed by atoms with van der Waals surface area (Å²) in [6, 6.07) is 19.4. The lowest BCUT2D eigenvalue weighted by Gasteiger charge is -2.33. The van der Waals surface area contributed by atoms with E-state index in [2.05, 4.69) is 27.1 Å². The lowest BCUT2D eigenvalue weighted by atomic mass is 10.1. The fraction of sp³-hybridized carbons (Fsp3) is 0.250. The molecule has 0 bridgehead atoms. The van der Waals surface area contributed by atoms with E-state index in [1.54, 1.807) is 18.0 Å². The minimum absolute atomic E-state index is 0.133. The highest BCUT2D eigenvalue weighted by atomic mass is 35.5. The molecule has 160 valence electrons. The smallest absolute Gasteiger partial charge is 0.255 e. The Kier molecular flexibility index (Phi) is 7.12. The monoisotopic (exact) mass is 452 g/mol. The van der Waals surface area contributed by atoms with Gasteiger partial charge in [-0.3, -0.25) is 4.79 Å². The van der Waals surface area contributed by atoms with Gasteiger partial charge in [0.25, 0.3) is 5.91 Å². The number of carbonyl (C=O) groups is 1. The molecule has 4 rings (SSSR count). The number of aromatic nitrogens is 1. The topological polar surface area (TPSA) is 48.5 Å². The number of likely N-dealkylation sites (N-methyl/N-ethyl adjacent to an activating group) is 1. The summed E-state index contributed by atoms with van der Waals surface area (Å²) in [5, 5.41) is 3.67. The number of pyridine rings is 1. The molecule has 31 heavy (non-hydrogen) atoms. The van der Waals surface area contributed by atoms with Crippen LogP contribution in [0.25, 0.3) is 0 Å². The maximum absolute atomic E-state index is 12.6. The molecule has 1 aromatic heterocycles. The van der Waals surface area contributed by atoms with Gasteiger partial charge in [0.1, 0.15) is 5.82 Å². The molecule has 5 nitrogen and oxygen atoms in total. The van der Waals surface area contributed by atoms with Crippen molar-refractivity contribution in [2.75, 3.05) is 43.4 Å². The van der Waals surface area contributed by atoms with E-state index < -0.39 is 0 Å². The van der Waals surface area contributed by atoms with E-state index in [0.717, 1.165) is 48.3 Å². The van der Waals surface area contributed by atoms with Gasteiger partial charge in [0.2, 0.25) is 0 Å². The molecule has 1 aliphatic heterocycles. The molecule has 1 aliphatic rings. The molecule has 1 amide bonds. The Morgan fingerprint density at radius 1 is 1.00 bits per heavy atom. The number of hydrogen-bond donors (Lipinski definition) is 1. The van der Waals surface area contributed by atoms with Crippen LogP contribution < -0.4 is 10.2 Å². The Morgan fingerprint density at radius 2 is 1.71 bits per heavy atom. The molecule has 0 saturated carbocycles. The molecular weight excluding hydrogens is 428 g/mol. The molecule has 0 radical (unpaired) electrons. The van der Waals surface area contributed by atoms with Gasteiger partial charge in [0.05, 0.1) is 11.9 Å². The van der Waals surface area contributed by atoms with Crippen molar-refractivity contribution in [3.8, 4) is 0 Å². The van der Waals surface area contributed by atoms with Crippen molar-refractivity contribution >= 4 is 40.8 Å². The third kappa shape index (κ3) is 6.00. The molecule has 3 aromatic rings. The van der Waals surface area contributed by atoms with Crippen molar-refractivity contribution in [3.63, 3.8) is 0 Å². The third-order valence-corrected chi connectivity index (χ3v) is 6.60. The average molecular weight is 453 g/mol. The number of halogens is 1. The van der Waals surface area contributed by atoms with Crippen LogP contribution in [0, 0.1) is 0 Å². The molecule has 0 spiro atoms. The number of hydrogen-bond acceptors (Lipinski definition) is 5. The van der Waals surface area contributed by atoms with Crippen molar-refractivity contribution in [3.05, 3.63) is 83.0 Å². The van der Waals surface area contributed by atoms with Gasteiger partial charge in [-0.05, 0) is 61.1 Å². The molecular formula is C24H25ClN4OS. The molecule has 1 N–H and O–H groups in total. The number of nitrogens with one attached hydrogen (secondary N) is 1. The van der Waals surface area contributed by atoms with Gasteiger partial charge in [-0.2, -0.15) is 0 Å². The number of anilines is 2. The number of thioether (sulfide) groups is 1. The Balaban J connectivity index is 1.30. The van der Waals surface area contributed by atoms with E-state index in [-0.39, 0.29) is 5.91 Å². The maximum Gasteiger partial charge on any atom is 0.255 e.